The fourth-order valence-electron chi connectivity index (χ4n) is 1.49. The monoisotopic (exact) mass is 254 g/mol. The van der Waals surface area contributed by atoms with Crippen LogP contribution in [0.3, 0.4) is 0 Å². The Balaban J connectivity index is 2.59. The SMILES string of the molecule is O/N=C\c1c[nH]cc1-c1cccc(Cl)c1Cl. The van der Waals surface area contributed by atoms with E-state index in [1.54, 1.807) is 18.5 Å². The molecule has 2 rings (SSSR count). The smallest absolute Gasteiger partial charge is 0.0755 e. The molecule has 0 unspecified atom stereocenters. The minimum atomic E-state index is 0.483. The first-order chi connectivity index (χ1) is 7.74. The van der Waals surface area contributed by atoms with Crippen molar-refractivity contribution in [2.75, 3.05) is 0 Å². The quantitative estimate of drug-likeness (QED) is 0.478. The maximum atomic E-state index is 8.53. The fourth-order valence-corrected chi connectivity index (χ4v) is 1.89. The zero-order valence-electron chi connectivity index (χ0n) is 8.11. The van der Waals surface area contributed by atoms with E-state index in [2.05, 4.69) is 10.1 Å². The Bertz CT molecular complexity index is 535. The average molecular weight is 255 g/mol. The van der Waals surface area contributed by atoms with E-state index in [9.17, 15) is 0 Å². The second-order valence-electron chi connectivity index (χ2n) is 3.17. The molecular formula is C11H8Cl2N2O. The lowest BCUT2D eigenvalue weighted by Gasteiger charge is -2.04. The van der Waals surface area contributed by atoms with Gasteiger partial charge in [-0.1, -0.05) is 40.5 Å². The Hall–Kier alpha value is -1.45. The van der Waals surface area contributed by atoms with E-state index >= 15 is 0 Å². The third-order valence-electron chi connectivity index (χ3n) is 2.22. The Morgan fingerprint density at radius 1 is 1.19 bits per heavy atom. The number of hydrogen-bond donors (Lipinski definition) is 2. The summed E-state index contributed by atoms with van der Waals surface area (Å²) in [4.78, 5) is 2.92. The summed E-state index contributed by atoms with van der Waals surface area (Å²) in [6, 6.07) is 5.39. The molecule has 2 N–H and O–H groups in total. The summed E-state index contributed by atoms with van der Waals surface area (Å²) in [6.45, 7) is 0. The average Bonchev–Trinajstić information content (AvgIpc) is 2.71. The largest absolute Gasteiger partial charge is 0.411 e. The minimum absolute atomic E-state index is 0.483. The van der Waals surface area contributed by atoms with Crippen molar-refractivity contribution in [1.29, 1.82) is 0 Å². The summed E-state index contributed by atoms with van der Waals surface area (Å²) < 4.78 is 0. The molecule has 0 amide bonds. The number of nitrogens with one attached hydrogen (secondary N) is 1. The van der Waals surface area contributed by atoms with E-state index in [0.717, 1.165) is 16.7 Å². The molecule has 5 heteroatoms. The van der Waals surface area contributed by atoms with Crippen LogP contribution in [-0.2, 0) is 0 Å². The maximum Gasteiger partial charge on any atom is 0.0755 e. The molecule has 0 atom stereocenters. The summed E-state index contributed by atoms with van der Waals surface area (Å²) in [5, 5.41) is 12.5. The van der Waals surface area contributed by atoms with Crippen LogP contribution < -0.4 is 0 Å². The second kappa shape index (κ2) is 4.60. The van der Waals surface area contributed by atoms with Crippen LogP contribution in [0.1, 0.15) is 5.56 Å². The van der Waals surface area contributed by atoms with Gasteiger partial charge in [0.05, 0.1) is 16.3 Å². The highest BCUT2D eigenvalue weighted by Crippen LogP contribution is 2.34. The summed E-state index contributed by atoms with van der Waals surface area (Å²) >= 11 is 12.0. The number of oxime groups is 1. The molecule has 2 aromatic rings. The third-order valence-corrected chi connectivity index (χ3v) is 3.04. The lowest BCUT2D eigenvalue weighted by molar-refractivity contribution is 0.322. The van der Waals surface area contributed by atoms with Crippen LogP contribution in [0.25, 0.3) is 11.1 Å². The van der Waals surface area contributed by atoms with Crippen molar-refractivity contribution >= 4 is 29.4 Å². The van der Waals surface area contributed by atoms with E-state index in [4.69, 9.17) is 28.4 Å². The number of aromatic nitrogens is 1. The molecule has 0 spiro atoms. The van der Waals surface area contributed by atoms with Gasteiger partial charge in [0.25, 0.3) is 0 Å². The zero-order chi connectivity index (χ0) is 11.5. The Kier molecular flexibility index (Phi) is 3.17. The van der Waals surface area contributed by atoms with Crippen LogP contribution in [0.4, 0.5) is 0 Å². The summed E-state index contributed by atoms with van der Waals surface area (Å²) in [7, 11) is 0. The predicted octanol–water partition coefficient (Wildman–Crippen LogP) is 3.80. The predicted molar refractivity (Wildman–Crippen MR) is 65.6 cm³/mol. The first-order valence-corrected chi connectivity index (χ1v) is 5.28. The number of aromatic amines is 1. The molecule has 0 radical (unpaired) electrons. The number of halogens is 2. The highest BCUT2D eigenvalue weighted by atomic mass is 35.5. The van der Waals surface area contributed by atoms with Gasteiger partial charge in [0.15, 0.2) is 0 Å². The van der Waals surface area contributed by atoms with Gasteiger partial charge in [-0.15, -0.1) is 0 Å². The number of H-pyrrole nitrogens is 1. The molecule has 82 valence electrons. The van der Waals surface area contributed by atoms with Gasteiger partial charge in [0, 0.05) is 29.1 Å². The van der Waals surface area contributed by atoms with Crippen molar-refractivity contribution in [3.05, 3.63) is 46.2 Å². The van der Waals surface area contributed by atoms with Gasteiger partial charge in [-0.2, -0.15) is 0 Å². The first-order valence-electron chi connectivity index (χ1n) is 4.52. The minimum Gasteiger partial charge on any atom is -0.411 e. The molecule has 1 aromatic carbocycles. The van der Waals surface area contributed by atoms with Crippen molar-refractivity contribution in [3.8, 4) is 11.1 Å². The third kappa shape index (κ3) is 1.92. The second-order valence-corrected chi connectivity index (χ2v) is 3.96. The van der Waals surface area contributed by atoms with E-state index in [-0.39, 0.29) is 0 Å². The van der Waals surface area contributed by atoms with Gasteiger partial charge in [-0.05, 0) is 6.07 Å². The Morgan fingerprint density at radius 2 is 2.00 bits per heavy atom. The van der Waals surface area contributed by atoms with E-state index in [0.29, 0.717) is 10.0 Å². The van der Waals surface area contributed by atoms with Crippen LogP contribution in [0.15, 0.2) is 35.7 Å². The maximum absolute atomic E-state index is 8.53. The van der Waals surface area contributed by atoms with E-state index in [1.165, 1.54) is 6.21 Å². The number of rotatable bonds is 2. The molecule has 0 saturated carbocycles. The molecule has 0 saturated heterocycles. The number of nitrogens with zero attached hydrogens (tertiary/aromatic N) is 1. The summed E-state index contributed by atoms with van der Waals surface area (Å²) in [5.74, 6) is 0. The standard InChI is InChI=1S/C11H8Cl2N2O/c12-10-3-1-2-8(11(10)13)9-6-14-4-7(9)5-15-16/h1-6,14,16H/b15-5-. The van der Waals surface area contributed by atoms with Crippen molar-refractivity contribution in [2.24, 2.45) is 5.16 Å². The Morgan fingerprint density at radius 3 is 2.75 bits per heavy atom. The van der Waals surface area contributed by atoms with E-state index < -0.39 is 0 Å². The molecule has 0 aliphatic rings. The lowest BCUT2D eigenvalue weighted by atomic mass is 10.1. The zero-order valence-corrected chi connectivity index (χ0v) is 9.63. The van der Waals surface area contributed by atoms with Gasteiger partial charge in [-0.25, -0.2) is 0 Å². The van der Waals surface area contributed by atoms with Gasteiger partial charge in [0.2, 0.25) is 0 Å². The molecular weight excluding hydrogens is 247 g/mol. The van der Waals surface area contributed by atoms with Crippen LogP contribution in [-0.4, -0.2) is 16.4 Å². The molecule has 3 nitrogen and oxygen atoms in total. The lowest BCUT2D eigenvalue weighted by Crippen LogP contribution is -1.84. The molecule has 0 bridgehead atoms. The Labute approximate surface area is 102 Å². The first kappa shape index (κ1) is 11.0. The molecule has 0 fully saturated rings. The van der Waals surface area contributed by atoms with Crippen LogP contribution in [0.5, 0.6) is 0 Å². The normalized spacial score (nSPS) is 11.1. The topological polar surface area (TPSA) is 48.4 Å². The molecule has 0 aliphatic carbocycles. The van der Waals surface area contributed by atoms with Crippen LogP contribution in [0.2, 0.25) is 10.0 Å². The summed E-state index contributed by atoms with van der Waals surface area (Å²) in [6.07, 6.45) is 4.82. The van der Waals surface area contributed by atoms with Crippen molar-refractivity contribution in [3.63, 3.8) is 0 Å². The van der Waals surface area contributed by atoms with E-state index in [1.807, 2.05) is 12.1 Å². The van der Waals surface area contributed by atoms with Crippen LogP contribution >= 0.6 is 23.2 Å². The van der Waals surface area contributed by atoms with Crippen molar-refractivity contribution in [2.45, 2.75) is 0 Å². The van der Waals surface area contributed by atoms with Gasteiger partial charge >= 0.3 is 0 Å². The van der Waals surface area contributed by atoms with Crippen molar-refractivity contribution < 1.29 is 5.21 Å². The molecule has 16 heavy (non-hydrogen) atoms. The highest BCUT2D eigenvalue weighted by Gasteiger charge is 2.10. The fraction of sp³-hybridized carbons (Fsp3) is 0. The van der Waals surface area contributed by atoms with Gasteiger partial charge < -0.3 is 10.2 Å². The highest BCUT2D eigenvalue weighted by molar-refractivity contribution is 6.43. The van der Waals surface area contributed by atoms with Crippen LogP contribution in [0, 0.1) is 0 Å². The molecule has 0 aliphatic heterocycles. The van der Waals surface area contributed by atoms with Gasteiger partial charge in [-0.3, -0.25) is 0 Å². The van der Waals surface area contributed by atoms with Crippen molar-refractivity contribution in [1.82, 2.24) is 4.98 Å². The number of benzene rings is 1. The van der Waals surface area contributed by atoms with Gasteiger partial charge in [0.1, 0.15) is 0 Å². The molecule has 1 aromatic heterocycles. The molecule has 1 heterocycles. The number of hydrogen-bond acceptors (Lipinski definition) is 2. The summed E-state index contributed by atoms with van der Waals surface area (Å²) in [5.41, 5.74) is 2.38.